The highest BCUT2D eigenvalue weighted by Gasteiger charge is 2.31. The largest absolute Gasteiger partial charge is 0.497 e. The predicted molar refractivity (Wildman–Crippen MR) is 89.0 cm³/mol. The Balaban J connectivity index is 2.03. The lowest BCUT2D eigenvalue weighted by Gasteiger charge is -2.33. The van der Waals surface area contributed by atoms with Crippen molar-refractivity contribution in [3.05, 3.63) is 29.8 Å². The van der Waals surface area contributed by atoms with E-state index in [1.807, 2.05) is 45.0 Å². The van der Waals surface area contributed by atoms with Gasteiger partial charge in [-0.2, -0.15) is 0 Å². The fourth-order valence-corrected chi connectivity index (χ4v) is 2.74. The Hall–Kier alpha value is -2.04. The van der Waals surface area contributed by atoms with Gasteiger partial charge in [0.05, 0.1) is 13.0 Å². The number of ether oxygens (including phenoxy) is 1. The van der Waals surface area contributed by atoms with Gasteiger partial charge in [-0.3, -0.25) is 9.59 Å². The van der Waals surface area contributed by atoms with Crippen molar-refractivity contribution in [2.24, 2.45) is 5.92 Å². The Morgan fingerprint density at radius 1 is 1.39 bits per heavy atom. The Bertz CT molecular complexity index is 578. The number of carbonyl (C=O) groups excluding carboxylic acids is 2. The SMILES string of the molecule is COc1cccc(CN2C[C@H](C(=O)NC(C)(C)C)CCC2=O)c1. The van der Waals surface area contributed by atoms with Gasteiger partial charge < -0.3 is 15.0 Å². The summed E-state index contributed by atoms with van der Waals surface area (Å²) in [5, 5.41) is 3.01. The van der Waals surface area contributed by atoms with Crippen molar-refractivity contribution in [3.8, 4) is 5.75 Å². The maximum atomic E-state index is 12.3. The van der Waals surface area contributed by atoms with Crippen molar-refractivity contribution in [3.63, 3.8) is 0 Å². The summed E-state index contributed by atoms with van der Waals surface area (Å²) in [4.78, 5) is 26.3. The zero-order chi connectivity index (χ0) is 17.0. The topological polar surface area (TPSA) is 58.6 Å². The van der Waals surface area contributed by atoms with E-state index in [1.54, 1.807) is 12.0 Å². The van der Waals surface area contributed by atoms with Crippen LogP contribution < -0.4 is 10.1 Å². The number of likely N-dealkylation sites (tertiary alicyclic amines) is 1. The van der Waals surface area contributed by atoms with Gasteiger partial charge >= 0.3 is 0 Å². The highest BCUT2D eigenvalue weighted by atomic mass is 16.5. The quantitative estimate of drug-likeness (QED) is 0.927. The van der Waals surface area contributed by atoms with Crippen LogP contribution in [0.3, 0.4) is 0 Å². The van der Waals surface area contributed by atoms with E-state index in [9.17, 15) is 9.59 Å². The molecule has 0 saturated carbocycles. The van der Waals surface area contributed by atoms with E-state index in [0.717, 1.165) is 11.3 Å². The van der Waals surface area contributed by atoms with Gasteiger partial charge in [-0.1, -0.05) is 12.1 Å². The molecular formula is C18H26N2O3. The van der Waals surface area contributed by atoms with E-state index in [2.05, 4.69) is 5.32 Å². The maximum absolute atomic E-state index is 12.3. The highest BCUT2D eigenvalue weighted by molar-refractivity contribution is 5.84. The minimum atomic E-state index is -0.254. The van der Waals surface area contributed by atoms with Crippen LogP contribution >= 0.6 is 0 Å². The molecule has 1 fully saturated rings. The zero-order valence-corrected chi connectivity index (χ0v) is 14.4. The summed E-state index contributed by atoms with van der Waals surface area (Å²) < 4.78 is 5.22. The maximum Gasteiger partial charge on any atom is 0.225 e. The Morgan fingerprint density at radius 2 is 2.13 bits per heavy atom. The van der Waals surface area contributed by atoms with E-state index < -0.39 is 0 Å². The standard InChI is InChI=1S/C18H26N2O3/c1-18(2,3)19-17(22)14-8-9-16(21)20(12-14)11-13-6-5-7-15(10-13)23-4/h5-7,10,14H,8-9,11-12H2,1-4H3,(H,19,22)/t14-/m1/s1. The lowest BCUT2D eigenvalue weighted by Crippen LogP contribution is -2.49. The molecule has 0 radical (unpaired) electrons. The summed E-state index contributed by atoms with van der Waals surface area (Å²) in [5.74, 6) is 0.764. The van der Waals surface area contributed by atoms with Crippen molar-refractivity contribution >= 4 is 11.8 Å². The third-order valence-corrected chi connectivity index (χ3v) is 3.88. The third kappa shape index (κ3) is 4.98. The molecular weight excluding hydrogens is 292 g/mol. The molecule has 0 aliphatic carbocycles. The Kier molecular flexibility index (Phi) is 5.29. The first kappa shape index (κ1) is 17.3. The minimum Gasteiger partial charge on any atom is -0.497 e. The smallest absolute Gasteiger partial charge is 0.225 e. The summed E-state index contributed by atoms with van der Waals surface area (Å²) in [6.07, 6.45) is 1.04. The van der Waals surface area contributed by atoms with Gasteiger partial charge in [0.15, 0.2) is 0 Å². The van der Waals surface area contributed by atoms with E-state index in [1.165, 1.54) is 0 Å². The molecule has 23 heavy (non-hydrogen) atoms. The van der Waals surface area contributed by atoms with E-state index >= 15 is 0 Å². The number of hydrogen-bond acceptors (Lipinski definition) is 3. The van der Waals surface area contributed by atoms with E-state index in [4.69, 9.17) is 4.74 Å². The predicted octanol–water partition coefficient (Wildman–Crippen LogP) is 2.35. The molecule has 1 aliphatic rings. The molecule has 0 spiro atoms. The second-order valence-corrected chi connectivity index (χ2v) is 7.10. The molecule has 0 aromatic heterocycles. The zero-order valence-electron chi connectivity index (χ0n) is 14.4. The monoisotopic (exact) mass is 318 g/mol. The Labute approximate surface area is 138 Å². The number of hydrogen-bond donors (Lipinski definition) is 1. The number of carbonyl (C=O) groups is 2. The second-order valence-electron chi connectivity index (χ2n) is 7.10. The van der Waals surface area contributed by atoms with Crippen LogP contribution in [0, 0.1) is 5.92 Å². The molecule has 1 aromatic rings. The van der Waals surface area contributed by atoms with Gasteiger partial charge in [0.1, 0.15) is 5.75 Å². The van der Waals surface area contributed by atoms with Crippen molar-refractivity contribution in [2.75, 3.05) is 13.7 Å². The minimum absolute atomic E-state index is 0.0284. The molecule has 5 heteroatoms. The number of amides is 2. The Morgan fingerprint density at radius 3 is 2.78 bits per heavy atom. The second kappa shape index (κ2) is 7.02. The number of rotatable bonds is 4. The van der Waals surface area contributed by atoms with Crippen LogP contribution in [-0.4, -0.2) is 35.9 Å². The summed E-state index contributed by atoms with van der Waals surface area (Å²) in [6, 6.07) is 7.67. The van der Waals surface area contributed by atoms with Crippen LogP contribution in [0.15, 0.2) is 24.3 Å². The number of nitrogens with zero attached hydrogens (tertiary/aromatic N) is 1. The number of nitrogens with one attached hydrogen (secondary N) is 1. The third-order valence-electron chi connectivity index (χ3n) is 3.88. The molecule has 1 heterocycles. The van der Waals surface area contributed by atoms with Gasteiger partial charge in [0, 0.05) is 25.0 Å². The molecule has 0 unspecified atom stereocenters. The summed E-state index contributed by atoms with van der Waals surface area (Å²) >= 11 is 0. The molecule has 2 rings (SSSR count). The average molecular weight is 318 g/mol. The van der Waals surface area contributed by atoms with Crippen LogP contribution in [-0.2, 0) is 16.1 Å². The lowest BCUT2D eigenvalue weighted by atomic mass is 9.95. The van der Waals surface area contributed by atoms with Gasteiger partial charge in [0.2, 0.25) is 11.8 Å². The van der Waals surface area contributed by atoms with E-state index in [-0.39, 0.29) is 23.3 Å². The summed E-state index contributed by atoms with van der Waals surface area (Å²) in [6.45, 7) is 6.87. The van der Waals surface area contributed by atoms with Crippen molar-refractivity contribution in [2.45, 2.75) is 45.7 Å². The molecule has 0 bridgehead atoms. The molecule has 1 aromatic carbocycles. The molecule has 1 atom stereocenters. The summed E-state index contributed by atoms with van der Waals surface area (Å²) in [5.41, 5.74) is 0.755. The normalized spacial score (nSPS) is 18.7. The first-order chi connectivity index (χ1) is 10.8. The molecule has 5 nitrogen and oxygen atoms in total. The van der Waals surface area contributed by atoms with Gasteiger partial charge in [0.25, 0.3) is 0 Å². The molecule has 2 amide bonds. The number of benzene rings is 1. The first-order valence-corrected chi connectivity index (χ1v) is 8.01. The van der Waals surface area contributed by atoms with Crippen LogP contribution in [0.5, 0.6) is 5.75 Å². The van der Waals surface area contributed by atoms with Gasteiger partial charge in [-0.05, 0) is 44.9 Å². The molecule has 1 N–H and O–H groups in total. The summed E-state index contributed by atoms with van der Waals surface area (Å²) in [7, 11) is 1.62. The van der Waals surface area contributed by atoms with Crippen molar-refractivity contribution < 1.29 is 14.3 Å². The fourth-order valence-electron chi connectivity index (χ4n) is 2.74. The molecule has 1 saturated heterocycles. The van der Waals surface area contributed by atoms with Crippen LogP contribution in [0.2, 0.25) is 0 Å². The molecule has 1 aliphatic heterocycles. The van der Waals surface area contributed by atoms with Crippen LogP contribution in [0.1, 0.15) is 39.2 Å². The average Bonchev–Trinajstić information content (AvgIpc) is 2.48. The van der Waals surface area contributed by atoms with Crippen molar-refractivity contribution in [1.29, 1.82) is 0 Å². The number of methoxy groups -OCH3 is 1. The molecule has 126 valence electrons. The van der Waals surface area contributed by atoms with Crippen molar-refractivity contribution in [1.82, 2.24) is 10.2 Å². The number of piperidine rings is 1. The van der Waals surface area contributed by atoms with Gasteiger partial charge in [-0.15, -0.1) is 0 Å². The van der Waals surface area contributed by atoms with Gasteiger partial charge in [-0.25, -0.2) is 0 Å². The lowest BCUT2D eigenvalue weighted by molar-refractivity contribution is -0.139. The van der Waals surface area contributed by atoms with Crippen LogP contribution in [0.4, 0.5) is 0 Å². The first-order valence-electron chi connectivity index (χ1n) is 8.01. The van der Waals surface area contributed by atoms with E-state index in [0.29, 0.717) is 25.9 Å². The fraction of sp³-hybridized carbons (Fsp3) is 0.556. The van der Waals surface area contributed by atoms with Crippen LogP contribution in [0.25, 0.3) is 0 Å². The highest BCUT2D eigenvalue weighted by Crippen LogP contribution is 2.22.